The fraction of sp³-hybridized carbons (Fsp3) is 0.414. The number of nitrogens with one attached hydrogen (secondary N) is 1. The van der Waals surface area contributed by atoms with Crippen molar-refractivity contribution >= 4 is 22.9 Å². The standard InChI is InChI=1S/C29H33F2N3O3/c30-22-13-19(14-23(31)15-22)1-4-29(37)34-11-7-21(8-12-34)28(18-35)33-9-5-20(6-10-33)26-17-32-27-3-2-24(36)16-25(26)27/h1-4,13-17,20-21,28,32,35-36H,5-12,18H2. The van der Waals surface area contributed by atoms with Gasteiger partial charge in [-0.3, -0.25) is 9.69 Å². The molecule has 8 heteroatoms. The lowest BCUT2D eigenvalue weighted by Gasteiger charge is -2.43. The molecule has 1 unspecified atom stereocenters. The summed E-state index contributed by atoms with van der Waals surface area (Å²) in [6.07, 6.45) is 8.45. The first-order valence-corrected chi connectivity index (χ1v) is 13.0. The Hall–Kier alpha value is -3.23. The number of phenolic OH excluding ortho intramolecular Hbond substituents is 1. The third-order valence-corrected chi connectivity index (χ3v) is 8.02. The Morgan fingerprint density at radius 3 is 2.41 bits per heavy atom. The molecule has 3 N–H and O–H groups in total. The lowest BCUT2D eigenvalue weighted by atomic mass is 9.84. The zero-order valence-corrected chi connectivity index (χ0v) is 20.7. The molecule has 0 radical (unpaired) electrons. The molecule has 196 valence electrons. The summed E-state index contributed by atoms with van der Waals surface area (Å²) in [5, 5.41) is 21.2. The summed E-state index contributed by atoms with van der Waals surface area (Å²) in [6, 6.07) is 8.67. The van der Waals surface area contributed by atoms with Crippen LogP contribution in [0.1, 0.15) is 42.7 Å². The number of carbonyl (C=O) groups excluding carboxylic acids is 1. The van der Waals surface area contributed by atoms with Gasteiger partial charge in [0.05, 0.1) is 6.61 Å². The van der Waals surface area contributed by atoms with Crippen LogP contribution >= 0.6 is 0 Å². The summed E-state index contributed by atoms with van der Waals surface area (Å²) in [5.41, 5.74) is 2.59. The number of piperidine rings is 2. The lowest BCUT2D eigenvalue weighted by Crippen LogP contribution is -2.50. The van der Waals surface area contributed by atoms with Crippen LogP contribution in [0.3, 0.4) is 0 Å². The second kappa shape index (κ2) is 11.0. The second-order valence-corrected chi connectivity index (χ2v) is 10.2. The maximum absolute atomic E-state index is 13.4. The number of carbonyl (C=O) groups is 1. The van der Waals surface area contributed by atoms with E-state index in [0.717, 1.165) is 55.7 Å². The van der Waals surface area contributed by atoms with Crippen LogP contribution in [0.4, 0.5) is 8.78 Å². The van der Waals surface area contributed by atoms with Crippen LogP contribution in [0.15, 0.2) is 48.7 Å². The Morgan fingerprint density at radius 1 is 1.03 bits per heavy atom. The molecule has 3 heterocycles. The van der Waals surface area contributed by atoms with Crippen LogP contribution in [0, 0.1) is 17.6 Å². The number of likely N-dealkylation sites (tertiary alicyclic amines) is 2. The highest BCUT2D eigenvalue weighted by atomic mass is 19.1. The number of fused-ring (bicyclic) bond motifs is 1. The predicted molar refractivity (Wildman–Crippen MR) is 139 cm³/mol. The summed E-state index contributed by atoms with van der Waals surface area (Å²) in [5.74, 6) is -0.537. The minimum Gasteiger partial charge on any atom is -0.508 e. The van der Waals surface area contributed by atoms with Gasteiger partial charge in [0.25, 0.3) is 0 Å². The first-order valence-electron chi connectivity index (χ1n) is 13.0. The van der Waals surface area contributed by atoms with Gasteiger partial charge < -0.3 is 20.1 Å². The van der Waals surface area contributed by atoms with Gasteiger partial charge in [-0.15, -0.1) is 0 Å². The molecule has 2 fully saturated rings. The molecule has 5 rings (SSSR count). The average Bonchev–Trinajstić information content (AvgIpc) is 3.31. The number of rotatable bonds is 6. The number of phenols is 1. The van der Waals surface area contributed by atoms with E-state index in [1.165, 1.54) is 29.8 Å². The van der Waals surface area contributed by atoms with Gasteiger partial charge in [0.15, 0.2) is 0 Å². The molecule has 6 nitrogen and oxygen atoms in total. The van der Waals surface area contributed by atoms with Gasteiger partial charge in [-0.2, -0.15) is 0 Å². The highest BCUT2D eigenvalue weighted by Gasteiger charge is 2.34. The fourth-order valence-corrected chi connectivity index (χ4v) is 6.02. The summed E-state index contributed by atoms with van der Waals surface area (Å²) >= 11 is 0. The Bertz CT molecular complexity index is 1250. The summed E-state index contributed by atoms with van der Waals surface area (Å²) < 4.78 is 26.8. The van der Waals surface area contributed by atoms with E-state index in [2.05, 4.69) is 16.1 Å². The molecular formula is C29H33F2N3O3. The molecular weight excluding hydrogens is 476 g/mol. The molecule has 0 aliphatic carbocycles. The van der Waals surface area contributed by atoms with E-state index >= 15 is 0 Å². The summed E-state index contributed by atoms with van der Waals surface area (Å²) in [4.78, 5) is 20.1. The number of aromatic nitrogens is 1. The van der Waals surface area contributed by atoms with Crippen molar-refractivity contribution in [3.8, 4) is 5.75 Å². The van der Waals surface area contributed by atoms with Crippen LogP contribution in [0.5, 0.6) is 5.75 Å². The van der Waals surface area contributed by atoms with Crippen molar-refractivity contribution in [1.82, 2.24) is 14.8 Å². The van der Waals surface area contributed by atoms with E-state index in [0.29, 0.717) is 30.5 Å². The third kappa shape index (κ3) is 5.70. The van der Waals surface area contributed by atoms with E-state index < -0.39 is 11.6 Å². The Kier molecular flexibility index (Phi) is 7.58. The number of nitrogens with zero attached hydrogens (tertiary/aromatic N) is 2. The minimum absolute atomic E-state index is 0.0658. The number of aromatic hydroxyl groups is 1. The van der Waals surface area contributed by atoms with E-state index in [-0.39, 0.29) is 24.3 Å². The Morgan fingerprint density at radius 2 is 1.73 bits per heavy atom. The van der Waals surface area contributed by atoms with Crippen molar-refractivity contribution in [2.75, 3.05) is 32.8 Å². The number of hydrogen-bond donors (Lipinski definition) is 3. The van der Waals surface area contributed by atoms with E-state index in [9.17, 15) is 23.8 Å². The van der Waals surface area contributed by atoms with Crippen molar-refractivity contribution in [1.29, 1.82) is 0 Å². The molecule has 2 aromatic carbocycles. The molecule has 0 spiro atoms. The maximum Gasteiger partial charge on any atom is 0.246 e. The molecule has 0 saturated carbocycles. The van der Waals surface area contributed by atoms with Gasteiger partial charge in [-0.05, 0) is 98.1 Å². The number of aromatic amines is 1. The quantitative estimate of drug-likeness (QED) is 0.423. The van der Waals surface area contributed by atoms with Gasteiger partial charge in [0, 0.05) is 48.4 Å². The van der Waals surface area contributed by atoms with Gasteiger partial charge in [0.1, 0.15) is 17.4 Å². The van der Waals surface area contributed by atoms with Crippen LogP contribution in [0.25, 0.3) is 17.0 Å². The molecule has 1 amide bonds. The largest absolute Gasteiger partial charge is 0.508 e. The summed E-state index contributed by atoms with van der Waals surface area (Å²) in [6.45, 7) is 3.07. The van der Waals surface area contributed by atoms with E-state index in [1.807, 2.05) is 12.1 Å². The average molecular weight is 510 g/mol. The molecule has 37 heavy (non-hydrogen) atoms. The smallest absolute Gasteiger partial charge is 0.246 e. The maximum atomic E-state index is 13.4. The third-order valence-electron chi connectivity index (χ3n) is 8.02. The van der Waals surface area contributed by atoms with Gasteiger partial charge >= 0.3 is 0 Å². The Labute approximate surface area is 215 Å². The summed E-state index contributed by atoms with van der Waals surface area (Å²) in [7, 11) is 0. The molecule has 2 aliphatic rings. The number of aliphatic hydroxyl groups is 1. The van der Waals surface area contributed by atoms with Crippen molar-refractivity contribution in [3.63, 3.8) is 0 Å². The number of aliphatic hydroxyl groups excluding tert-OH is 1. The zero-order chi connectivity index (χ0) is 25.9. The highest BCUT2D eigenvalue weighted by Crippen LogP contribution is 2.36. The second-order valence-electron chi connectivity index (χ2n) is 10.2. The zero-order valence-electron chi connectivity index (χ0n) is 20.7. The lowest BCUT2D eigenvalue weighted by molar-refractivity contribution is -0.127. The Balaban J connectivity index is 1.14. The van der Waals surface area contributed by atoms with E-state index in [1.54, 1.807) is 11.0 Å². The van der Waals surface area contributed by atoms with Crippen LogP contribution in [0.2, 0.25) is 0 Å². The van der Waals surface area contributed by atoms with Crippen molar-refractivity contribution in [2.45, 2.75) is 37.6 Å². The van der Waals surface area contributed by atoms with Crippen LogP contribution in [-0.4, -0.2) is 69.7 Å². The van der Waals surface area contributed by atoms with Crippen LogP contribution in [-0.2, 0) is 4.79 Å². The number of hydrogen-bond acceptors (Lipinski definition) is 4. The first kappa shape index (κ1) is 25.4. The van der Waals surface area contributed by atoms with Crippen LogP contribution < -0.4 is 0 Å². The topological polar surface area (TPSA) is 79.8 Å². The normalized spacial score (nSPS) is 19.2. The van der Waals surface area contributed by atoms with Crippen molar-refractivity contribution < 1.29 is 23.8 Å². The number of halogens is 2. The van der Waals surface area contributed by atoms with Gasteiger partial charge in [0.2, 0.25) is 5.91 Å². The van der Waals surface area contributed by atoms with Crippen molar-refractivity contribution in [2.24, 2.45) is 5.92 Å². The predicted octanol–water partition coefficient (Wildman–Crippen LogP) is 4.64. The molecule has 0 bridgehead atoms. The molecule has 2 aliphatic heterocycles. The minimum atomic E-state index is -0.673. The molecule has 2 saturated heterocycles. The van der Waals surface area contributed by atoms with Crippen molar-refractivity contribution in [3.05, 3.63) is 71.4 Å². The number of amides is 1. The number of H-pyrrole nitrogens is 1. The molecule has 3 aromatic rings. The molecule has 1 atom stereocenters. The first-order chi connectivity index (χ1) is 17.9. The number of benzene rings is 2. The van der Waals surface area contributed by atoms with E-state index in [4.69, 9.17) is 0 Å². The van der Waals surface area contributed by atoms with Gasteiger partial charge in [-0.25, -0.2) is 8.78 Å². The fourth-order valence-electron chi connectivity index (χ4n) is 6.02. The SMILES string of the molecule is O=C(C=Cc1cc(F)cc(F)c1)N1CCC(C(CO)N2CCC(c3c[nH]c4ccc(O)cc34)CC2)CC1. The monoisotopic (exact) mass is 509 g/mol. The highest BCUT2D eigenvalue weighted by molar-refractivity contribution is 5.91. The van der Waals surface area contributed by atoms with Gasteiger partial charge in [-0.1, -0.05) is 0 Å². The molecule has 1 aromatic heterocycles.